The summed E-state index contributed by atoms with van der Waals surface area (Å²) >= 11 is 1.27. The molecule has 0 aromatic heterocycles. The number of aliphatic hydroxyl groups excluding tert-OH is 2. The predicted octanol–water partition coefficient (Wildman–Crippen LogP) is -1.08. The zero-order valence-electron chi connectivity index (χ0n) is 3.96. The monoisotopic (exact) mass is 192 g/mol. The first-order valence-corrected chi connectivity index (χ1v) is 3.48. The van der Waals surface area contributed by atoms with Crippen LogP contribution in [0.25, 0.3) is 0 Å². The summed E-state index contributed by atoms with van der Waals surface area (Å²) in [5.74, 6) is 0. The molecule has 0 aliphatic heterocycles. The van der Waals surface area contributed by atoms with E-state index in [0.29, 0.717) is 0 Å². The van der Waals surface area contributed by atoms with Crippen LogP contribution in [0, 0.1) is 0 Å². The molecular formula is C3H7AlO2Zr. The van der Waals surface area contributed by atoms with Gasteiger partial charge in [-0.15, -0.1) is 0 Å². The smallest absolute Gasteiger partial charge is 0 e. The zero-order chi connectivity index (χ0) is 4.99. The van der Waals surface area contributed by atoms with E-state index in [0.717, 1.165) is 4.13 Å². The third-order valence-electron chi connectivity index (χ3n) is 0.446. The Bertz CT molecular complexity index is 32.1. The molecule has 0 fully saturated rings. The summed E-state index contributed by atoms with van der Waals surface area (Å²) in [6.45, 7) is -0.0921. The van der Waals surface area contributed by atoms with Gasteiger partial charge in [-0.2, -0.15) is 0 Å². The van der Waals surface area contributed by atoms with Gasteiger partial charge >= 0.3 is 51.8 Å². The van der Waals surface area contributed by atoms with E-state index in [2.05, 4.69) is 0 Å². The summed E-state index contributed by atoms with van der Waals surface area (Å²) in [5.41, 5.74) is 0. The van der Waals surface area contributed by atoms with Crippen molar-refractivity contribution in [3.8, 4) is 0 Å². The zero-order valence-corrected chi connectivity index (χ0v) is 7.58. The molecular weight excluding hydrogens is 186 g/mol. The van der Waals surface area contributed by atoms with E-state index in [4.69, 9.17) is 10.2 Å². The van der Waals surface area contributed by atoms with Crippen molar-refractivity contribution in [2.45, 2.75) is 10.2 Å². The van der Waals surface area contributed by atoms with Crippen molar-refractivity contribution in [2.75, 3.05) is 6.61 Å². The van der Waals surface area contributed by atoms with Crippen LogP contribution in [0.2, 0.25) is 4.13 Å². The van der Waals surface area contributed by atoms with Crippen molar-refractivity contribution in [2.24, 2.45) is 0 Å². The fraction of sp³-hybridized carbons (Fsp3) is 1.00. The molecule has 0 saturated heterocycles. The first kappa shape index (κ1) is 11.2. The second kappa shape index (κ2) is 7.34. The van der Waals surface area contributed by atoms with E-state index in [1.165, 1.54) is 24.7 Å². The van der Waals surface area contributed by atoms with Crippen molar-refractivity contribution in [3.63, 3.8) is 0 Å². The molecule has 2 N–H and O–H groups in total. The molecule has 4 heteroatoms. The third-order valence-corrected chi connectivity index (χ3v) is 1.60. The molecule has 3 radical (unpaired) electrons. The molecule has 0 aromatic carbocycles. The molecule has 1 unspecified atom stereocenters. The topological polar surface area (TPSA) is 40.5 Å². The molecule has 0 saturated carbocycles. The van der Waals surface area contributed by atoms with Gasteiger partial charge in [-0.3, -0.25) is 0 Å². The van der Waals surface area contributed by atoms with Crippen LogP contribution in [0.4, 0.5) is 0 Å². The Morgan fingerprint density at radius 3 is 2.00 bits per heavy atom. The van der Waals surface area contributed by atoms with Crippen molar-refractivity contribution in [1.29, 1.82) is 0 Å². The van der Waals surface area contributed by atoms with Crippen molar-refractivity contribution in [1.82, 2.24) is 0 Å². The fourth-order valence-electron chi connectivity index (χ4n) is 0.0645. The Morgan fingerprint density at radius 1 is 1.57 bits per heavy atom. The Hall–Kier alpha value is 1.34. The molecule has 0 spiro atoms. The Labute approximate surface area is 68.9 Å². The second-order valence-corrected chi connectivity index (χ2v) is 2.04. The predicted molar refractivity (Wildman–Crippen MR) is 23.7 cm³/mol. The van der Waals surface area contributed by atoms with Crippen molar-refractivity contribution < 1.29 is 34.9 Å². The molecule has 0 aromatic rings. The van der Waals surface area contributed by atoms with E-state index in [1.807, 2.05) is 0 Å². The Balaban J connectivity index is 0. The van der Waals surface area contributed by atoms with Crippen LogP contribution in [0.1, 0.15) is 0 Å². The molecule has 1 atom stereocenters. The van der Waals surface area contributed by atoms with Crippen LogP contribution in [-0.2, 0) is 24.7 Å². The number of rotatable bonds is 2. The van der Waals surface area contributed by atoms with Gasteiger partial charge in [0, 0.05) is 17.4 Å². The van der Waals surface area contributed by atoms with Gasteiger partial charge in [-0.1, -0.05) is 0 Å². The maximum absolute atomic E-state index is 8.44. The van der Waals surface area contributed by atoms with Crippen LogP contribution in [0.5, 0.6) is 0 Å². The van der Waals surface area contributed by atoms with Crippen LogP contribution >= 0.6 is 0 Å². The molecule has 38 valence electrons. The van der Waals surface area contributed by atoms with Gasteiger partial charge in [-0.25, -0.2) is 0 Å². The van der Waals surface area contributed by atoms with Gasteiger partial charge in [0.15, 0.2) is 0 Å². The molecule has 7 heavy (non-hydrogen) atoms. The fourth-order valence-corrected chi connectivity index (χ4v) is 0.382. The van der Waals surface area contributed by atoms with Crippen molar-refractivity contribution in [3.05, 3.63) is 0 Å². The Kier molecular flexibility index (Phi) is 11.7. The van der Waals surface area contributed by atoms with Crippen LogP contribution in [-0.4, -0.2) is 40.3 Å². The average molecular weight is 193 g/mol. The van der Waals surface area contributed by atoms with Crippen LogP contribution < -0.4 is 0 Å². The van der Waals surface area contributed by atoms with Gasteiger partial charge in [0.1, 0.15) is 0 Å². The summed E-state index contributed by atoms with van der Waals surface area (Å²) in [5, 5.41) is 16.5. The first-order valence-electron chi connectivity index (χ1n) is 1.74. The maximum atomic E-state index is 8.44. The molecule has 0 aliphatic rings. The minimum atomic E-state index is -0.469. The second-order valence-electron chi connectivity index (χ2n) is 1.04. The summed E-state index contributed by atoms with van der Waals surface area (Å²) in [7, 11) is 0. The van der Waals surface area contributed by atoms with Gasteiger partial charge in [0.25, 0.3) is 0 Å². The van der Waals surface area contributed by atoms with E-state index < -0.39 is 6.10 Å². The largest absolute Gasteiger partial charge is 0 e. The summed E-state index contributed by atoms with van der Waals surface area (Å²) < 4.78 is 0.725. The maximum Gasteiger partial charge on any atom is 0 e. The Morgan fingerprint density at radius 2 is 2.00 bits per heavy atom. The van der Waals surface area contributed by atoms with Gasteiger partial charge in [-0.05, 0) is 0 Å². The average Bonchev–Trinajstić information content (AvgIpc) is 1.65. The number of hydrogen-bond donors (Lipinski definition) is 2. The van der Waals surface area contributed by atoms with E-state index in [-0.39, 0.29) is 24.0 Å². The van der Waals surface area contributed by atoms with Crippen molar-refractivity contribution >= 4 is 17.4 Å². The van der Waals surface area contributed by atoms with Gasteiger partial charge in [0.2, 0.25) is 0 Å². The van der Waals surface area contributed by atoms with Crippen LogP contribution in [0.3, 0.4) is 0 Å². The van der Waals surface area contributed by atoms with Gasteiger partial charge < -0.3 is 0 Å². The third kappa shape index (κ3) is 7.34. The number of hydrogen-bond acceptors (Lipinski definition) is 2. The standard InChI is InChI=1S/C3H7O2.Al.Zr/c1-3(5)2-4;;/h3-5H,1-2H2;;. The van der Waals surface area contributed by atoms with Gasteiger partial charge in [0.05, 0.1) is 0 Å². The summed E-state index contributed by atoms with van der Waals surface area (Å²) in [6.07, 6.45) is -0.469. The molecule has 0 aliphatic carbocycles. The molecule has 2 nitrogen and oxygen atoms in total. The molecule has 0 heterocycles. The SMILES string of the molecule is OCC(O)[CH2][Zr].[Al]. The molecule has 0 rings (SSSR count). The first-order chi connectivity index (χ1) is 2.81. The molecule has 0 amide bonds. The summed E-state index contributed by atoms with van der Waals surface area (Å²) in [4.78, 5) is 0. The minimum absolute atomic E-state index is 0. The summed E-state index contributed by atoms with van der Waals surface area (Å²) in [6, 6.07) is 0. The molecule has 0 bridgehead atoms. The normalized spacial score (nSPS) is 12.1. The van der Waals surface area contributed by atoms with Crippen LogP contribution in [0.15, 0.2) is 0 Å². The quantitative estimate of drug-likeness (QED) is 0.548. The minimum Gasteiger partial charge on any atom is 0 e. The van der Waals surface area contributed by atoms with E-state index in [1.54, 1.807) is 0 Å². The van der Waals surface area contributed by atoms with E-state index >= 15 is 0 Å². The number of aliphatic hydroxyl groups is 2. The van der Waals surface area contributed by atoms with E-state index in [9.17, 15) is 0 Å².